The molecule has 8 heteroatoms. The lowest BCUT2D eigenvalue weighted by atomic mass is 10.0. The zero-order valence-corrected chi connectivity index (χ0v) is 11.8. The normalized spacial score (nSPS) is 13.6. The van der Waals surface area contributed by atoms with Crippen LogP contribution in [0.2, 0.25) is 0 Å². The summed E-state index contributed by atoms with van der Waals surface area (Å²) in [6.45, 7) is 3.41. The number of aliphatic carboxylic acids is 1. The number of aliphatic hydroxyl groups is 1. The Morgan fingerprint density at radius 1 is 1.45 bits per heavy atom. The lowest BCUT2D eigenvalue weighted by molar-refractivity contribution is -0.141. The maximum Gasteiger partial charge on any atom is 0.315 e. The largest absolute Gasteiger partial charge is 0.481 e. The van der Waals surface area contributed by atoms with Gasteiger partial charge in [-0.1, -0.05) is 0 Å². The van der Waals surface area contributed by atoms with Crippen molar-refractivity contribution in [1.29, 1.82) is 0 Å². The van der Waals surface area contributed by atoms with Crippen molar-refractivity contribution in [2.45, 2.75) is 32.4 Å². The van der Waals surface area contributed by atoms with Gasteiger partial charge in [0.2, 0.25) is 0 Å². The zero-order valence-electron chi connectivity index (χ0n) is 11.8. The number of hydrogen-bond acceptors (Lipinski definition) is 4. The van der Waals surface area contributed by atoms with Gasteiger partial charge in [0.25, 0.3) is 0 Å². The van der Waals surface area contributed by atoms with Crippen molar-refractivity contribution in [3.8, 4) is 0 Å². The number of aryl methyl sites for hydroxylation is 1. The summed E-state index contributed by atoms with van der Waals surface area (Å²) in [5.41, 5.74) is 0.357. The topological polar surface area (TPSA) is 116 Å². The first kappa shape index (κ1) is 16.0. The molecule has 1 heterocycles. The van der Waals surface area contributed by atoms with Gasteiger partial charge in [0.1, 0.15) is 0 Å². The van der Waals surface area contributed by atoms with Crippen LogP contribution in [0, 0.1) is 6.92 Å². The molecule has 0 aliphatic carbocycles. The van der Waals surface area contributed by atoms with E-state index in [2.05, 4.69) is 15.7 Å². The smallest absolute Gasteiger partial charge is 0.315 e. The fourth-order valence-corrected chi connectivity index (χ4v) is 1.61. The van der Waals surface area contributed by atoms with E-state index in [0.717, 1.165) is 11.3 Å². The van der Waals surface area contributed by atoms with Crippen molar-refractivity contribution in [2.24, 2.45) is 7.05 Å². The van der Waals surface area contributed by atoms with E-state index < -0.39 is 24.0 Å². The van der Waals surface area contributed by atoms with E-state index in [1.54, 1.807) is 10.9 Å². The van der Waals surface area contributed by atoms with E-state index in [4.69, 9.17) is 5.11 Å². The third-order valence-corrected chi connectivity index (χ3v) is 2.94. The van der Waals surface area contributed by atoms with Gasteiger partial charge in [0, 0.05) is 31.4 Å². The molecule has 0 saturated heterocycles. The number of nitrogens with one attached hydrogen (secondary N) is 2. The van der Waals surface area contributed by atoms with Crippen molar-refractivity contribution < 1.29 is 19.8 Å². The Morgan fingerprint density at radius 2 is 2.10 bits per heavy atom. The lowest BCUT2D eigenvalue weighted by Gasteiger charge is -2.21. The molecular formula is C12H20N4O4. The highest BCUT2D eigenvalue weighted by Gasteiger charge is 2.24. The van der Waals surface area contributed by atoms with E-state index in [1.165, 1.54) is 6.92 Å². The molecule has 0 spiro atoms. The molecule has 4 N–H and O–H groups in total. The summed E-state index contributed by atoms with van der Waals surface area (Å²) in [6.07, 6.45) is 1.23. The third kappa shape index (κ3) is 4.88. The Balaban J connectivity index is 2.37. The van der Waals surface area contributed by atoms with Gasteiger partial charge in [-0.2, -0.15) is 5.10 Å². The summed E-state index contributed by atoms with van der Waals surface area (Å²) >= 11 is 0. The highest BCUT2D eigenvalue weighted by Crippen LogP contribution is 2.07. The van der Waals surface area contributed by atoms with Crippen LogP contribution < -0.4 is 10.6 Å². The van der Waals surface area contributed by atoms with Crippen LogP contribution in [0.4, 0.5) is 4.79 Å². The van der Waals surface area contributed by atoms with E-state index >= 15 is 0 Å². The van der Waals surface area contributed by atoms with Gasteiger partial charge < -0.3 is 20.8 Å². The predicted molar refractivity (Wildman–Crippen MR) is 71.1 cm³/mol. The Bertz CT molecular complexity index is 496. The highest BCUT2D eigenvalue weighted by molar-refractivity contribution is 5.74. The van der Waals surface area contributed by atoms with E-state index in [0.29, 0.717) is 6.54 Å². The van der Waals surface area contributed by atoms with Crippen LogP contribution in [-0.2, 0) is 18.4 Å². The minimum atomic E-state index is -1.48. The van der Waals surface area contributed by atoms with Gasteiger partial charge in [-0.05, 0) is 13.8 Å². The maximum atomic E-state index is 11.6. The molecule has 1 unspecified atom stereocenters. The minimum absolute atomic E-state index is 0.142. The average Bonchev–Trinajstić information content (AvgIpc) is 2.63. The number of carboxylic acids is 1. The molecule has 0 fully saturated rings. The summed E-state index contributed by atoms with van der Waals surface area (Å²) in [7, 11) is 1.81. The molecule has 8 nitrogen and oxygen atoms in total. The number of hydrogen-bond donors (Lipinski definition) is 4. The number of amides is 2. The predicted octanol–water partition coefficient (Wildman–Crippen LogP) is -0.247. The van der Waals surface area contributed by atoms with Crippen LogP contribution in [0.5, 0.6) is 0 Å². The summed E-state index contributed by atoms with van der Waals surface area (Å²) in [4.78, 5) is 22.1. The Kier molecular flexibility index (Phi) is 5.09. The Morgan fingerprint density at radius 3 is 2.60 bits per heavy atom. The van der Waals surface area contributed by atoms with E-state index in [1.807, 2.05) is 14.0 Å². The number of carboxylic acid groups (broad SMARTS) is 1. The van der Waals surface area contributed by atoms with Gasteiger partial charge in [0.05, 0.1) is 18.2 Å². The minimum Gasteiger partial charge on any atom is -0.481 e. The molecule has 0 radical (unpaired) electrons. The Labute approximate surface area is 116 Å². The zero-order chi connectivity index (χ0) is 15.3. The van der Waals surface area contributed by atoms with Crippen molar-refractivity contribution in [3.63, 3.8) is 0 Å². The van der Waals surface area contributed by atoms with E-state index in [-0.39, 0.29) is 6.54 Å². The van der Waals surface area contributed by atoms with Gasteiger partial charge in [-0.15, -0.1) is 0 Å². The van der Waals surface area contributed by atoms with Gasteiger partial charge >= 0.3 is 12.0 Å². The molecule has 0 saturated carbocycles. The van der Waals surface area contributed by atoms with Crippen LogP contribution in [-0.4, -0.2) is 44.1 Å². The molecular weight excluding hydrogens is 264 g/mol. The Hall–Kier alpha value is -2.09. The molecule has 1 aromatic rings. The molecule has 1 rings (SSSR count). The molecule has 112 valence electrons. The quantitative estimate of drug-likeness (QED) is 0.575. The van der Waals surface area contributed by atoms with Crippen LogP contribution in [0.25, 0.3) is 0 Å². The van der Waals surface area contributed by atoms with Gasteiger partial charge in [-0.25, -0.2) is 4.79 Å². The first-order valence-electron chi connectivity index (χ1n) is 6.14. The molecule has 1 atom stereocenters. The average molecular weight is 284 g/mol. The number of carbonyl (C=O) groups excluding carboxylic acids is 1. The van der Waals surface area contributed by atoms with Crippen LogP contribution in [0.3, 0.4) is 0 Å². The summed E-state index contributed by atoms with van der Waals surface area (Å²) in [5.74, 6) is -1.12. The van der Waals surface area contributed by atoms with E-state index in [9.17, 15) is 14.7 Å². The second-order valence-corrected chi connectivity index (χ2v) is 4.98. The second-order valence-electron chi connectivity index (χ2n) is 4.98. The van der Waals surface area contributed by atoms with Crippen molar-refractivity contribution in [1.82, 2.24) is 20.4 Å². The highest BCUT2D eigenvalue weighted by atomic mass is 16.4. The van der Waals surface area contributed by atoms with Crippen LogP contribution in [0.1, 0.15) is 24.6 Å². The number of nitrogens with zero attached hydrogens (tertiary/aromatic N) is 2. The summed E-state index contributed by atoms with van der Waals surface area (Å²) in [5, 5.41) is 27.4. The molecule has 20 heavy (non-hydrogen) atoms. The molecule has 0 bridgehead atoms. The van der Waals surface area contributed by atoms with Gasteiger partial charge in [0.15, 0.2) is 0 Å². The van der Waals surface area contributed by atoms with Crippen molar-refractivity contribution >= 4 is 12.0 Å². The summed E-state index contributed by atoms with van der Waals surface area (Å²) in [6, 6.07) is -0.473. The van der Waals surface area contributed by atoms with Gasteiger partial charge in [-0.3, -0.25) is 9.48 Å². The lowest BCUT2D eigenvalue weighted by Crippen LogP contribution is -2.45. The number of carbonyl (C=O) groups is 2. The fourth-order valence-electron chi connectivity index (χ4n) is 1.61. The van der Waals surface area contributed by atoms with Crippen LogP contribution in [0.15, 0.2) is 6.20 Å². The SMILES string of the molecule is Cc1c(CNC(=O)NCC(C)(O)CC(=O)O)cnn1C. The molecule has 0 aliphatic heterocycles. The monoisotopic (exact) mass is 284 g/mol. The first-order valence-corrected chi connectivity index (χ1v) is 6.14. The van der Waals surface area contributed by atoms with Crippen LogP contribution >= 0.6 is 0 Å². The molecule has 0 aliphatic rings. The van der Waals surface area contributed by atoms with Crippen molar-refractivity contribution in [2.75, 3.05) is 6.54 Å². The number of rotatable bonds is 6. The third-order valence-electron chi connectivity index (χ3n) is 2.94. The fraction of sp³-hybridized carbons (Fsp3) is 0.583. The second kappa shape index (κ2) is 6.38. The molecule has 0 aromatic carbocycles. The van der Waals surface area contributed by atoms with Crippen molar-refractivity contribution in [3.05, 3.63) is 17.5 Å². The standard InChI is InChI=1S/C12H20N4O4/c1-8-9(6-15-16(8)3)5-13-11(19)14-7-12(2,20)4-10(17)18/h6,20H,4-5,7H2,1-3H3,(H,17,18)(H2,13,14,19). The molecule has 2 amide bonds. The number of aromatic nitrogens is 2. The summed E-state index contributed by atoms with van der Waals surface area (Å²) < 4.78 is 1.70. The molecule has 1 aromatic heterocycles. The number of urea groups is 1. The maximum absolute atomic E-state index is 11.6. The first-order chi connectivity index (χ1) is 9.21.